The van der Waals surface area contributed by atoms with E-state index in [2.05, 4.69) is 4.72 Å². The molecule has 1 fully saturated rings. The number of hydrogen-bond acceptors (Lipinski definition) is 5. The quantitative estimate of drug-likeness (QED) is 0.695. The first-order chi connectivity index (χ1) is 13.7. The van der Waals surface area contributed by atoms with E-state index in [4.69, 9.17) is 9.57 Å². The summed E-state index contributed by atoms with van der Waals surface area (Å²) in [5.74, 6) is -0.345. The molecule has 2 aromatic carbocycles. The number of nitrogens with one attached hydrogen (secondary N) is 1. The first kappa shape index (κ1) is 21.4. The van der Waals surface area contributed by atoms with Gasteiger partial charge in [-0.1, -0.05) is 54.6 Å². The molecule has 8 heteroatoms. The molecule has 3 rings (SSSR count). The highest BCUT2D eigenvalue weighted by molar-refractivity contribution is 7.88. The van der Waals surface area contributed by atoms with Gasteiger partial charge >= 0.3 is 0 Å². The lowest BCUT2D eigenvalue weighted by molar-refractivity contribution is -0.189. The maximum Gasteiger partial charge on any atom is 0.278 e. The number of amides is 1. The summed E-state index contributed by atoms with van der Waals surface area (Å²) in [4.78, 5) is 18.1. The van der Waals surface area contributed by atoms with Gasteiger partial charge in [0.1, 0.15) is 0 Å². The van der Waals surface area contributed by atoms with Crippen molar-refractivity contribution in [3.8, 4) is 11.1 Å². The molecule has 1 aliphatic heterocycles. The average molecular weight is 419 g/mol. The van der Waals surface area contributed by atoms with Crippen LogP contribution in [0.3, 0.4) is 0 Å². The molecule has 2 atom stereocenters. The van der Waals surface area contributed by atoms with Gasteiger partial charge in [0.25, 0.3) is 5.91 Å². The van der Waals surface area contributed by atoms with E-state index in [0.717, 1.165) is 28.0 Å². The lowest BCUT2D eigenvalue weighted by atomic mass is 9.88. The molecular weight excluding hydrogens is 392 g/mol. The van der Waals surface area contributed by atoms with Crippen molar-refractivity contribution in [2.45, 2.75) is 24.5 Å². The zero-order valence-corrected chi connectivity index (χ0v) is 17.6. The van der Waals surface area contributed by atoms with Gasteiger partial charge in [-0.2, -0.15) is 0 Å². The highest BCUT2D eigenvalue weighted by Gasteiger charge is 2.49. The Balaban J connectivity index is 1.89. The van der Waals surface area contributed by atoms with E-state index < -0.39 is 21.7 Å². The molecule has 1 amide bonds. The third-order valence-corrected chi connectivity index (χ3v) is 5.75. The SMILES string of the molecule is CON(C)C(=O)[C@]1(Cc2cccc(-c3ccccc3)c2)C[C@@H](NS(C)(=O)=O)CO1. The predicted molar refractivity (Wildman–Crippen MR) is 110 cm³/mol. The van der Waals surface area contributed by atoms with Gasteiger partial charge in [0.2, 0.25) is 10.0 Å². The lowest BCUT2D eigenvalue weighted by Gasteiger charge is -2.30. The van der Waals surface area contributed by atoms with Crippen LogP contribution in [-0.2, 0) is 30.8 Å². The summed E-state index contributed by atoms with van der Waals surface area (Å²) < 4.78 is 31.7. The van der Waals surface area contributed by atoms with E-state index in [9.17, 15) is 13.2 Å². The third-order valence-electron chi connectivity index (χ3n) is 4.99. The van der Waals surface area contributed by atoms with Gasteiger partial charge < -0.3 is 4.74 Å². The highest BCUT2D eigenvalue weighted by Crippen LogP contribution is 2.33. The number of carbonyl (C=O) groups excluding carboxylic acids is 1. The van der Waals surface area contributed by atoms with Gasteiger partial charge in [-0.25, -0.2) is 18.2 Å². The van der Waals surface area contributed by atoms with E-state index >= 15 is 0 Å². The monoisotopic (exact) mass is 418 g/mol. The predicted octanol–water partition coefficient (Wildman–Crippen LogP) is 1.99. The summed E-state index contributed by atoms with van der Waals surface area (Å²) >= 11 is 0. The second kappa shape index (κ2) is 8.62. The van der Waals surface area contributed by atoms with Crippen LogP contribution < -0.4 is 4.72 Å². The Hall–Kier alpha value is -2.26. The molecule has 1 aliphatic rings. The average Bonchev–Trinajstić information content (AvgIpc) is 3.09. The molecule has 2 aromatic rings. The molecule has 0 aromatic heterocycles. The van der Waals surface area contributed by atoms with Crippen LogP contribution in [0.25, 0.3) is 11.1 Å². The van der Waals surface area contributed by atoms with Gasteiger partial charge in [0.05, 0.1) is 20.0 Å². The fourth-order valence-corrected chi connectivity index (χ4v) is 4.45. The minimum Gasteiger partial charge on any atom is -0.363 e. The zero-order chi connectivity index (χ0) is 21.1. The number of hydrogen-bond donors (Lipinski definition) is 1. The van der Waals surface area contributed by atoms with Crippen molar-refractivity contribution in [1.82, 2.24) is 9.79 Å². The molecular formula is C21H26N2O5S. The zero-order valence-electron chi connectivity index (χ0n) is 16.8. The second-order valence-corrected chi connectivity index (χ2v) is 9.10. The van der Waals surface area contributed by atoms with Gasteiger partial charge in [-0.15, -0.1) is 0 Å². The van der Waals surface area contributed by atoms with Crippen LogP contribution in [0.5, 0.6) is 0 Å². The van der Waals surface area contributed by atoms with Crippen LogP contribution in [0.4, 0.5) is 0 Å². The highest BCUT2D eigenvalue weighted by atomic mass is 32.2. The molecule has 0 bridgehead atoms. The van der Waals surface area contributed by atoms with E-state index in [1.807, 2.05) is 54.6 Å². The minimum absolute atomic E-state index is 0.120. The molecule has 0 saturated carbocycles. The van der Waals surface area contributed by atoms with Crippen molar-refractivity contribution >= 4 is 15.9 Å². The number of rotatable bonds is 7. The van der Waals surface area contributed by atoms with Crippen molar-refractivity contribution < 1.29 is 22.8 Å². The largest absolute Gasteiger partial charge is 0.363 e. The number of sulfonamides is 1. The molecule has 0 radical (unpaired) electrons. The normalized spacial score (nSPS) is 21.8. The Morgan fingerprint density at radius 3 is 2.55 bits per heavy atom. The molecule has 7 nitrogen and oxygen atoms in total. The molecule has 0 spiro atoms. The van der Waals surface area contributed by atoms with Crippen LogP contribution in [0.15, 0.2) is 54.6 Å². The Morgan fingerprint density at radius 2 is 1.90 bits per heavy atom. The first-order valence-electron chi connectivity index (χ1n) is 9.30. The van der Waals surface area contributed by atoms with Gasteiger partial charge in [-0.05, 0) is 16.7 Å². The van der Waals surface area contributed by atoms with E-state index in [0.29, 0.717) is 6.42 Å². The van der Waals surface area contributed by atoms with Crippen LogP contribution in [0.1, 0.15) is 12.0 Å². The van der Waals surface area contributed by atoms with Crippen LogP contribution in [0, 0.1) is 0 Å². The smallest absolute Gasteiger partial charge is 0.278 e. The molecule has 0 aliphatic carbocycles. The Bertz CT molecular complexity index is 964. The number of benzene rings is 2. The standard InChI is InChI=1S/C21H26N2O5S/c1-23(27-2)20(24)21(14-19(15-28-21)22-29(3,25)26)13-16-8-7-11-18(12-16)17-9-5-4-6-10-17/h4-12,19,22H,13-15H2,1-3H3/t19-,21+/m1/s1. The summed E-state index contributed by atoms with van der Waals surface area (Å²) in [5.41, 5.74) is 1.83. The summed E-state index contributed by atoms with van der Waals surface area (Å²) in [6.07, 6.45) is 1.63. The Labute approximate surface area is 171 Å². The van der Waals surface area contributed by atoms with E-state index in [1.165, 1.54) is 14.2 Å². The first-order valence-corrected chi connectivity index (χ1v) is 11.2. The van der Waals surface area contributed by atoms with Crippen molar-refractivity contribution in [1.29, 1.82) is 0 Å². The Morgan fingerprint density at radius 1 is 1.21 bits per heavy atom. The van der Waals surface area contributed by atoms with Crippen molar-refractivity contribution in [3.63, 3.8) is 0 Å². The van der Waals surface area contributed by atoms with Gasteiger partial charge in [0, 0.05) is 25.9 Å². The summed E-state index contributed by atoms with van der Waals surface area (Å²) in [7, 11) is -0.486. The van der Waals surface area contributed by atoms with Crippen LogP contribution in [-0.4, -0.2) is 58.1 Å². The maximum absolute atomic E-state index is 13.1. The van der Waals surface area contributed by atoms with Crippen LogP contribution in [0.2, 0.25) is 0 Å². The van der Waals surface area contributed by atoms with E-state index in [-0.39, 0.29) is 18.9 Å². The summed E-state index contributed by atoms with van der Waals surface area (Å²) in [6.45, 7) is 0.120. The fourth-order valence-electron chi connectivity index (χ4n) is 3.69. The lowest BCUT2D eigenvalue weighted by Crippen LogP contribution is -2.49. The number of hydroxylamine groups is 2. The van der Waals surface area contributed by atoms with E-state index in [1.54, 1.807) is 0 Å². The molecule has 1 N–H and O–H groups in total. The number of carbonyl (C=O) groups is 1. The van der Waals surface area contributed by atoms with Crippen molar-refractivity contribution in [2.24, 2.45) is 0 Å². The summed E-state index contributed by atoms with van der Waals surface area (Å²) in [6, 6.07) is 17.4. The second-order valence-electron chi connectivity index (χ2n) is 7.32. The number of ether oxygens (including phenoxy) is 1. The maximum atomic E-state index is 13.1. The van der Waals surface area contributed by atoms with Crippen molar-refractivity contribution in [3.05, 3.63) is 60.2 Å². The molecule has 1 saturated heterocycles. The fraction of sp³-hybridized carbons (Fsp3) is 0.381. The van der Waals surface area contributed by atoms with Gasteiger partial charge in [0.15, 0.2) is 5.60 Å². The molecule has 0 unspecified atom stereocenters. The molecule has 1 heterocycles. The number of nitrogens with zero attached hydrogens (tertiary/aromatic N) is 1. The molecule has 156 valence electrons. The third kappa shape index (κ3) is 5.22. The van der Waals surface area contributed by atoms with Crippen molar-refractivity contribution in [2.75, 3.05) is 27.0 Å². The topological polar surface area (TPSA) is 84.9 Å². The molecule has 29 heavy (non-hydrogen) atoms. The Kier molecular flexibility index (Phi) is 6.38. The minimum atomic E-state index is -3.41. The van der Waals surface area contributed by atoms with Crippen LogP contribution >= 0.6 is 0 Å². The summed E-state index contributed by atoms with van der Waals surface area (Å²) in [5, 5.41) is 1.13. The number of likely N-dealkylation sites (N-methyl/N-ethyl adjacent to an activating group) is 1. The van der Waals surface area contributed by atoms with Gasteiger partial charge in [-0.3, -0.25) is 9.63 Å².